The van der Waals surface area contributed by atoms with E-state index in [0.717, 1.165) is 49.6 Å². The molecule has 1 saturated carbocycles. The van der Waals surface area contributed by atoms with Crippen LogP contribution in [0.1, 0.15) is 59.2 Å². The van der Waals surface area contributed by atoms with Gasteiger partial charge in [0.25, 0.3) is 5.91 Å². The maximum atomic E-state index is 12.8. The van der Waals surface area contributed by atoms with Crippen molar-refractivity contribution in [1.82, 2.24) is 19.9 Å². The van der Waals surface area contributed by atoms with Gasteiger partial charge < -0.3 is 4.90 Å². The molecular formula is C20H24N4O. The molecule has 5 heteroatoms. The van der Waals surface area contributed by atoms with Gasteiger partial charge in [0, 0.05) is 42.8 Å². The molecule has 1 amide bonds. The largest absolute Gasteiger partial charge is 0.338 e. The molecule has 5 nitrogen and oxygen atoms in total. The molecule has 0 unspecified atom stereocenters. The number of aromatic nitrogens is 3. The van der Waals surface area contributed by atoms with E-state index in [-0.39, 0.29) is 5.91 Å². The summed E-state index contributed by atoms with van der Waals surface area (Å²) in [4.78, 5) is 28.1. The van der Waals surface area contributed by atoms with Gasteiger partial charge in [-0.2, -0.15) is 0 Å². The van der Waals surface area contributed by atoms with E-state index in [0.29, 0.717) is 17.4 Å². The number of hydrogen-bond donors (Lipinski definition) is 0. The summed E-state index contributed by atoms with van der Waals surface area (Å²) >= 11 is 0. The van der Waals surface area contributed by atoms with Gasteiger partial charge in [0.05, 0.1) is 5.56 Å². The van der Waals surface area contributed by atoms with Crippen molar-refractivity contribution in [2.45, 2.75) is 44.9 Å². The average Bonchev–Trinajstić information content (AvgIpc) is 3.47. The number of carbonyl (C=O) groups is 1. The molecule has 2 aromatic heterocycles. The Kier molecular flexibility index (Phi) is 4.47. The van der Waals surface area contributed by atoms with Crippen LogP contribution in [0.2, 0.25) is 0 Å². The van der Waals surface area contributed by atoms with Crippen LogP contribution in [0.5, 0.6) is 0 Å². The lowest BCUT2D eigenvalue weighted by atomic mass is 9.93. The van der Waals surface area contributed by atoms with Crippen molar-refractivity contribution in [3.05, 3.63) is 53.4 Å². The predicted molar refractivity (Wildman–Crippen MR) is 95.3 cm³/mol. The van der Waals surface area contributed by atoms with Gasteiger partial charge in [0.1, 0.15) is 5.82 Å². The first-order chi connectivity index (χ1) is 12.2. The summed E-state index contributed by atoms with van der Waals surface area (Å²) in [7, 11) is 0. The van der Waals surface area contributed by atoms with E-state index in [2.05, 4.69) is 27.1 Å². The van der Waals surface area contributed by atoms with Crippen molar-refractivity contribution in [2.24, 2.45) is 5.92 Å². The summed E-state index contributed by atoms with van der Waals surface area (Å²) in [6.45, 7) is 3.63. The quantitative estimate of drug-likeness (QED) is 0.860. The summed E-state index contributed by atoms with van der Waals surface area (Å²) in [6, 6.07) is 6.16. The minimum atomic E-state index is 0.0595. The normalized spacial score (nSPS) is 20.5. The van der Waals surface area contributed by atoms with Crippen molar-refractivity contribution in [2.75, 3.05) is 13.1 Å². The number of piperidine rings is 1. The summed E-state index contributed by atoms with van der Waals surface area (Å²) in [5, 5.41) is 0. The molecule has 1 aliphatic heterocycles. The van der Waals surface area contributed by atoms with Gasteiger partial charge in [-0.25, -0.2) is 9.97 Å². The van der Waals surface area contributed by atoms with Crippen LogP contribution in [0.15, 0.2) is 30.6 Å². The van der Waals surface area contributed by atoms with E-state index in [9.17, 15) is 4.79 Å². The highest BCUT2D eigenvalue weighted by molar-refractivity contribution is 5.93. The Labute approximate surface area is 148 Å². The molecule has 0 bridgehead atoms. The number of rotatable bonds is 4. The molecule has 3 heterocycles. The minimum Gasteiger partial charge on any atom is -0.338 e. The first-order valence-corrected chi connectivity index (χ1v) is 9.23. The standard InChI is InChI=1S/C20H24N4O/c1-14-4-2-6-18(23-14)10-15-5-3-9-24(13-15)20(25)17-11-21-19(22-12-17)16-7-8-16/h2,4,6,11-12,15-16H,3,5,7-10,13H2,1H3/t15-/m0/s1. The zero-order chi connectivity index (χ0) is 17.2. The van der Waals surface area contributed by atoms with Gasteiger partial charge in [-0.15, -0.1) is 0 Å². The number of amides is 1. The first-order valence-electron chi connectivity index (χ1n) is 9.23. The van der Waals surface area contributed by atoms with Gasteiger partial charge in [0.2, 0.25) is 0 Å². The second-order valence-corrected chi connectivity index (χ2v) is 7.34. The lowest BCUT2D eigenvalue weighted by Gasteiger charge is -2.32. The molecule has 1 atom stereocenters. The maximum Gasteiger partial charge on any atom is 0.256 e. The van der Waals surface area contributed by atoms with Gasteiger partial charge in [0.15, 0.2) is 0 Å². The summed E-state index contributed by atoms with van der Waals surface area (Å²) < 4.78 is 0. The van der Waals surface area contributed by atoms with Crippen LogP contribution in [-0.2, 0) is 6.42 Å². The zero-order valence-corrected chi connectivity index (χ0v) is 14.7. The third-order valence-electron chi connectivity index (χ3n) is 5.11. The van der Waals surface area contributed by atoms with E-state index in [1.165, 1.54) is 12.8 Å². The predicted octanol–water partition coefficient (Wildman–Crippen LogP) is 3.15. The van der Waals surface area contributed by atoms with Crippen LogP contribution in [-0.4, -0.2) is 38.8 Å². The average molecular weight is 336 g/mol. The number of pyridine rings is 1. The Morgan fingerprint density at radius 2 is 2.00 bits per heavy atom. The van der Waals surface area contributed by atoms with E-state index in [4.69, 9.17) is 0 Å². The summed E-state index contributed by atoms with van der Waals surface area (Å²) in [5.41, 5.74) is 2.78. The van der Waals surface area contributed by atoms with Crippen molar-refractivity contribution in [3.63, 3.8) is 0 Å². The Bertz CT molecular complexity index is 755. The van der Waals surface area contributed by atoms with Crippen molar-refractivity contribution < 1.29 is 4.79 Å². The fourth-order valence-corrected chi connectivity index (χ4v) is 3.61. The maximum absolute atomic E-state index is 12.8. The molecular weight excluding hydrogens is 312 g/mol. The van der Waals surface area contributed by atoms with Gasteiger partial charge in [-0.3, -0.25) is 9.78 Å². The van der Waals surface area contributed by atoms with Crippen LogP contribution in [0.25, 0.3) is 0 Å². The highest BCUT2D eigenvalue weighted by Crippen LogP contribution is 2.37. The molecule has 130 valence electrons. The molecule has 1 aliphatic carbocycles. The third-order valence-corrected chi connectivity index (χ3v) is 5.11. The Morgan fingerprint density at radius 3 is 2.72 bits per heavy atom. The van der Waals surface area contributed by atoms with Gasteiger partial charge >= 0.3 is 0 Å². The number of hydrogen-bond acceptors (Lipinski definition) is 4. The minimum absolute atomic E-state index is 0.0595. The highest BCUT2D eigenvalue weighted by atomic mass is 16.2. The number of aryl methyl sites for hydroxylation is 1. The second kappa shape index (κ2) is 6.90. The van der Waals surface area contributed by atoms with E-state index >= 15 is 0 Å². The SMILES string of the molecule is Cc1cccc(C[C@@H]2CCCN(C(=O)c3cnc(C4CC4)nc3)C2)n1. The topological polar surface area (TPSA) is 59.0 Å². The first kappa shape index (κ1) is 16.2. The third kappa shape index (κ3) is 3.86. The molecule has 0 spiro atoms. The Balaban J connectivity index is 1.40. The van der Waals surface area contributed by atoms with Gasteiger partial charge in [-0.1, -0.05) is 6.07 Å². The number of likely N-dealkylation sites (tertiary alicyclic amines) is 1. The highest BCUT2D eigenvalue weighted by Gasteiger charge is 2.28. The number of carbonyl (C=O) groups excluding carboxylic acids is 1. The fraction of sp³-hybridized carbons (Fsp3) is 0.500. The fourth-order valence-electron chi connectivity index (χ4n) is 3.61. The van der Waals surface area contributed by atoms with E-state index in [1.807, 2.05) is 17.9 Å². The van der Waals surface area contributed by atoms with Crippen LogP contribution in [0.3, 0.4) is 0 Å². The lowest BCUT2D eigenvalue weighted by molar-refractivity contribution is 0.0672. The van der Waals surface area contributed by atoms with Crippen molar-refractivity contribution in [3.8, 4) is 0 Å². The van der Waals surface area contributed by atoms with E-state index < -0.39 is 0 Å². The Hall–Kier alpha value is -2.30. The lowest BCUT2D eigenvalue weighted by Crippen LogP contribution is -2.40. The van der Waals surface area contributed by atoms with Crippen LogP contribution in [0, 0.1) is 12.8 Å². The van der Waals surface area contributed by atoms with Crippen LogP contribution < -0.4 is 0 Å². The summed E-state index contributed by atoms with van der Waals surface area (Å²) in [6.07, 6.45) is 8.88. The molecule has 2 fully saturated rings. The molecule has 2 aliphatic rings. The smallest absolute Gasteiger partial charge is 0.256 e. The Morgan fingerprint density at radius 1 is 1.20 bits per heavy atom. The molecule has 25 heavy (non-hydrogen) atoms. The monoisotopic (exact) mass is 336 g/mol. The number of nitrogens with zero attached hydrogens (tertiary/aromatic N) is 4. The van der Waals surface area contributed by atoms with Crippen LogP contribution >= 0.6 is 0 Å². The molecule has 0 aromatic carbocycles. The second-order valence-electron chi connectivity index (χ2n) is 7.34. The molecule has 2 aromatic rings. The van der Waals surface area contributed by atoms with Crippen molar-refractivity contribution >= 4 is 5.91 Å². The molecule has 0 N–H and O–H groups in total. The zero-order valence-electron chi connectivity index (χ0n) is 14.7. The van der Waals surface area contributed by atoms with Crippen LogP contribution in [0.4, 0.5) is 0 Å². The summed E-state index contributed by atoms with van der Waals surface area (Å²) in [5.74, 6) is 1.94. The van der Waals surface area contributed by atoms with Crippen molar-refractivity contribution in [1.29, 1.82) is 0 Å². The van der Waals surface area contributed by atoms with Gasteiger partial charge in [-0.05, 0) is 57.1 Å². The molecule has 0 radical (unpaired) electrons. The molecule has 1 saturated heterocycles. The molecule has 4 rings (SSSR count). The van der Waals surface area contributed by atoms with E-state index in [1.54, 1.807) is 12.4 Å².